The van der Waals surface area contributed by atoms with Gasteiger partial charge < -0.3 is 10.4 Å². The summed E-state index contributed by atoms with van der Waals surface area (Å²) >= 11 is 1.86. The molecule has 0 aliphatic heterocycles. The summed E-state index contributed by atoms with van der Waals surface area (Å²) in [6, 6.07) is 6.39. The number of nitrogens with one attached hydrogen (secondary N) is 1. The molecule has 0 saturated heterocycles. The summed E-state index contributed by atoms with van der Waals surface area (Å²) in [6.45, 7) is 2.81. The van der Waals surface area contributed by atoms with Gasteiger partial charge in [-0.2, -0.15) is 11.8 Å². The zero-order chi connectivity index (χ0) is 14.1. The van der Waals surface area contributed by atoms with Crippen LogP contribution in [0.25, 0.3) is 0 Å². The molecule has 0 heterocycles. The Morgan fingerprint density at radius 1 is 1.26 bits per heavy atom. The van der Waals surface area contributed by atoms with E-state index in [4.69, 9.17) is 5.11 Å². The Morgan fingerprint density at radius 3 is 2.53 bits per heavy atom. The first-order chi connectivity index (χ1) is 9.13. The first-order valence-electron chi connectivity index (χ1n) is 6.30. The van der Waals surface area contributed by atoms with Crippen LogP contribution in [0.3, 0.4) is 0 Å². The fourth-order valence-electron chi connectivity index (χ4n) is 1.56. The van der Waals surface area contributed by atoms with Crippen molar-refractivity contribution in [3.05, 3.63) is 35.4 Å². The maximum Gasteiger partial charge on any atom is 0.335 e. The van der Waals surface area contributed by atoms with E-state index in [9.17, 15) is 9.59 Å². The van der Waals surface area contributed by atoms with Crippen molar-refractivity contribution in [1.29, 1.82) is 0 Å². The van der Waals surface area contributed by atoms with Gasteiger partial charge in [-0.25, -0.2) is 4.79 Å². The molecule has 0 atom stereocenters. The predicted molar refractivity (Wildman–Crippen MR) is 77.7 cm³/mol. The zero-order valence-corrected chi connectivity index (χ0v) is 11.8. The van der Waals surface area contributed by atoms with E-state index in [1.54, 1.807) is 12.1 Å². The molecule has 0 aromatic heterocycles. The molecule has 2 N–H and O–H groups in total. The third kappa shape index (κ3) is 6.29. The number of thioether (sulfide) groups is 1. The van der Waals surface area contributed by atoms with Crippen LogP contribution in [0.5, 0.6) is 0 Å². The number of carbonyl (C=O) groups excluding carboxylic acids is 1. The topological polar surface area (TPSA) is 66.4 Å². The van der Waals surface area contributed by atoms with E-state index in [2.05, 4.69) is 12.2 Å². The van der Waals surface area contributed by atoms with Gasteiger partial charge in [0.15, 0.2) is 0 Å². The molecule has 1 amide bonds. The second-order valence-corrected chi connectivity index (χ2v) is 5.47. The molecular weight excluding hydrogens is 262 g/mol. The third-order valence-electron chi connectivity index (χ3n) is 2.56. The molecule has 0 unspecified atom stereocenters. The lowest BCUT2D eigenvalue weighted by atomic mass is 10.1. The highest BCUT2D eigenvalue weighted by Crippen LogP contribution is 2.05. The molecular formula is C14H19NO3S. The predicted octanol–water partition coefficient (Wildman–Crippen LogP) is 2.19. The lowest BCUT2D eigenvalue weighted by Crippen LogP contribution is -2.26. The summed E-state index contributed by atoms with van der Waals surface area (Å²) in [7, 11) is 0. The molecule has 0 radical (unpaired) electrons. The van der Waals surface area contributed by atoms with Crippen LogP contribution in [-0.4, -0.2) is 35.0 Å². The van der Waals surface area contributed by atoms with Gasteiger partial charge in [-0.1, -0.05) is 19.1 Å². The Morgan fingerprint density at radius 2 is 1.95 bits per heavy atom. The van der Waals surface area contributed by atoms with Crippen LogP contribution in [0, 0.1) is 0 Å². The van der Waals surface area contributed by atoms with Gasteiger partial charge >= 0.3 is 5.97 Å². The van der Waals surface area contributed by atoms with Crippen molar-refractivity contribution in [3.8, 4) is 0 Å². The van der Waals surface area contributed by atoms with Gasteiger partial charge in [-0.3, -0.25) is 4.79 Å². The minimum Gasteiger partial charge on any atom is -0.478 e. The van der Waals surface area contributed by atoms with Crippen molar-refractivity contribution in [3.63, 3.8) is 0 Å². The SMILES string of the molecule is CCSCCCNC(=O)Cc1ccc(C(=O)O)cc1. The molecule has 0 aliphatic carbocycles. The Balaban J connectivity index is 2.30. The molecule has 0 fully saturated rings. The van der Waals surface area contributed by atoms with E-state index >= 15 is 0 Å². The second kappa shape index (κ2) is 8.58. The molecule has 1 rings (SSSR count). The number of benzene rings is 1. The molecule has 104 valence electrons. The van der Waals surface area contributed by atoms with Crippen molar-refractivity contribution in [1.82, 2.24) is 5.32 Å². The summed E-state index contributed by atoms with van der Waals surface area (Å²) in [6.07, 6.45) is 1.27. The van der Waals surface area contributed by atoms with Crippen molar-refractivity contribution in [2.24, 2.45) is 0 Å². The quantitative estimate of drug-likeness (QED) is 0.717. The maximum absolute atomic E-state index is 11.6. The van der Waals surface area contributed by atoms with Gasteiger partial charge in [0.2, 0.25) is 5.91 Å². The summed E-state index contributed by atoms with van der Waals surface area (Å²) in [5, 5.41) is 11.6. The standard InChI is InChI=1S/C14H19NO3S/c1-2-19-9-3-8-15-13(16)10-11-4-6-12(7-5-11)14(17)18/h4-7H,2-3,8-10H2,1H3,(H,15,16)(H,17,18). The van der Waals surface area contributed by atoms with Crippen LogP contribution < -0.4 is 5.32 Å². The van der Waals surface area contributed by atoms with Gasteiger partial charge in [-0.15, -0.1) is 0 Å². The van der Waals surface area contributed by atoms with Crippen molar-refractivity contribution in [2.45, 2.75) is 19.8 Å². The first-order valence-corrected chi connectivity index (χ1v) is 7.45. The van der Waals surface area contributed by atoms with Gasteiger partial charge in [0.05, 0.1) is 12.0 Å². The van der Waals surface area contributed by atoms with E-state index in [-0.39, 0.29) is 11.5 Å². The summed E-state index contributed by atoms with van der Waals surface area (Å²) in [4.78, 5) is 22.3. The summed E-state index contributed by atoms with van der Waals surface area (Å²) in [5.74, 6) is 1.18. The fraction of sp³-hybridized carbons (Fsp3) is 0.429. The van der Waals surface area contributed by atoms with Crippen molar-refractivity contribution in [2.75, 3.05) is 18.1 Å². The van der Waals surface area contributed by atoms with Gasteiger partial charge in [0.25, 0.3) is 0 Å². The second-order valence-electron chi connectivity index (χ2n) is 4.08. The Bertz CT molecular complexity index is 417. The van der Waals surface area contributed by atoms with E-state index in [0.29, 0.717) is 13.0 Å². The number of carboxylic acid groups (broad SMARTS) is 1. The maximum atomic E-state index is 11.6. The highest BCUT2D eigenvalue weighted by atomic mass is 32.2. The molecule has 19 heavy (non-hydrogen) atoms. The summed E-state index contributed by atoms with van der Waals surface area (Å²) in [5.41, 5.74) is 1.06. The lowest BCUT2D eigenvalue weighted by Gasteiger charge is -2.05. The van der Waals surface area contributed by atoms with Crippen LogP contribution in [0.1, 0.15) is 29.3 Å². The van der Waals surface area contributed by atoms with Gasteiger partial charge in [-0.05, 0) is 35.6 Å². The average molecular weight is 281 g/mol. The fourth-order valence-corrected chi connectivity index (χ4v) is 2.20. The number of carbonyl (C=O) groups is 2. The van der Waals surface area contributed by atoms with Crippen molar-refractivity contribution < 1.29 is 14.7 Å². The molecule has 1 aromatic carbocycles. The largest absolute Gasteiger partial charge is 0.478 e. The molecule has 4 nitrogen and oxygen atoms in total. The number of carboxylic acids is 1. The number of rotatable bonds is 8. The van der Waals surface area contributed by atoms with Crippen LogP contribution in [0.15, 0.2) is 24.3 Å². The number of hydrogen-bond donors (Lipinski definition) is 2. The van der Waals surface area contributed by atoms with E-state index in [0.717, 1.165) is 23.5 Å². The highest BCUT2D eigenvalue weighted by Gasteiger charge is 2.05. The minimum absolute atomic E-state index is 0.0235. The third-order valence-corrected chi connectivity index (χ3v) is 3.54. The first kappa shape index (κ1) is 15.6. The zero-order valence-electron chi connectivity index (χ0n) is 11.0. The Kier molecular flexibility index (Phi) is 7.03. The normalized spacial score (nSPS) is 10.2. The number of aromatic carboxylic acids is 1. The monoisotopic (exact) mass is 281 g/mol. The molecule has 0 aliphatic rings. The Labute approximate surface area is 117 Å². The van der Waals surface area contributed by atoms with Crippen molar-refractivity contribution >= 4 is 23.6 Å². The van der Waals surface area contributed by atoms with Gasteiger partial charge in [0, 0.05) is 6.54 Å². The minimum atomic E-state index is -0.954. The number of hydrogen-bond acceptors (Lipinski definition) is 3. The van der Waals surface area contributed by atoms with Crippen LogP contribution in [-0.2, 0) is 11.2 Å². The molecule has 5 heteroatoms. The van der Waals surface area contributed by atoms with Crippen LogP contribution in [0.4, 0.5) is 0 Å². The highest BCUT2D eigenvalue weighted by molar-refractivity contribution is 7.99. The van der Waals surface area contributed by atoms with E-state index in [1.165, 1.54) is 12.1 Å². The Hall–Kier alpha value is -1.49. The number of amides is 1. The van der Waals surface area contributed by atoms with Gasteiger partial charge in [0.1, 0.15) is 0 Å². The summed E-state index contributed by atoms with van der Waals surface area (Å²) < 4.78 is 0. The smallest absolute Gasteiger partial charge is 0.335 e. The molecule has 0 spiro atoms. The van der Waals surface area contributed by atoms with E-state index < -0.39 is 5.97 Å². The average Bonchev–Trinajstić information content (AvgIpc) is 2.39. The lowest BCUT2D eigenvalue weighted by molar-refractivity contribution is -0.120. The van der Waals surface area contributed by atoms with Crippen LogP contribution in [0.2, 0.25) is 0 Å². The molecule has 0 saturated carbocycles. The van der Waals surface area contributed by atoms with E-state index in [1.807, 2.05) is 11.8 Å². The molecule has 0 bridgehead atoms. The van der Waals surface area contributed by atoms with Crippen LogP contribution >= 0.6 is 11.8 Å². The molecule has 1 aromatic rings.